The topological polar surface area (TPSA) is 93.1 Å². The Morgan fingerprint density at radius 3 is 2.53 bits per heavy atom. The summed E-state index contributed by atoms with van der Waals surface area (Å²) < 4.78 is 81.9. The SMILES string of the molecule is C[C@H](NS(=O)(=O)c1ccccc1C(F)(F)F)C(=O)NCc1ccc(-n2ccnc2)c(F)c1. The van der Waals surface area contributed by atoms with Crippen LogP contribution in [0.2, 0.25) is 0 Å². The summed E-state index contributed by atoms with van der Waals surface area (Å²) in [6, 6.07) is 6.53. The lowest BCUT2D eigenvalue weighted by molar-refractivity contribution is -0.139. The van der Waals surface area contributed by atoms with Gasteiger partial charge in [-0.2, -0.15) is 17.9 Å². The van der Waals surface area contributed by atoms with Crippen molar-refractivity contribution in [1.82, 2.24) is 19.6 Å². The summed E-state index contributed by atoms with van der Waals surface area (Å²) in [5.74, 6) is -1.36. The molecule has 0 fully saturated rings. The Morgan fingerprint density at radius 2 is 1.91 bits per heavy atom. The Kier molecular flexibility index (Phi) is 6.65. The predicted molar refractivity (Wildman–Crippen MR) is 107 cm³/mol. The van der Waals surface area contributed by atoms with E-state index in [9.17, 15) is 30.8 Å². The molecule has 0 saturated heterocycles. The van der Waals surface area contributed by atoms with Crippen molar-refractivity contribution in [2.45, 2.75) is 30.6 Å². The lowest BCUT2D eigenvalue weighted by atomic mass is 10.2. The summed E-state index contributed by atoms with van der Waals surface area (Å²) in [6.45, 7) is 1.07. The van der Waals surface area contributed by atoms with Gasteiger partial charge in [0.1, 0.15) is 5.82 Å². The molecule has 1 heterocycles. The average Bonchev–Trinajstić information content (AvgIpc) is 3.25. The van der Waals surface area contributed by atoms with E-state index < -0.39 is 44.4 Å². The van der Waals surface area contributed by atoms with Crippen LogP contribution in [0.15, 0.2) is 66.1 Å². The van der Waals surface area contributed by atoms with E-state index in [1.807, 2.05) is 4.72 Å². The third kappa shape index (κ3) is 5.32. The van der Waals surface area contributed by atoms with E-state index in [0.29, 0.717) is 11.6 Å². The molecule has 2 N–H and O–H groups in total. The molecule has 0 aliphatic heterocycles. The van der Waals surface area contributed by atoms with Gasteiger partial charge in [0, 0.05) is 18.9 Å². The smallest absolute Gasteiger partial charge is 0.351 e. The molecule has 0 unspecified atom stereocenters. The number of carbonyl (C=O) groups excluding carboxylic acids is 1. The van der Waals surface area contributed by atoms with E-state index >= 15 is 0 Å². The van der Waals surface area contributed by atoms with Crippen molar-refractivity contribution >= 4 is 15.9 Å². The molecule has 2 aromatic carbocycles. The van der Waals surface area contributed by atoms with E-state index in [2.05, 4.69) is 10.3 Å². The quantitative estimate of drug-likeness (QED) is 0.520. The number of halogens is 4. The van der Waals surface area contributed by atoms with Gasteiger partial charge in [0.25, 0.3) is 0 Å². The van der Waals surface area contributed by atoms with Gasteiger partial charge in [0.2, 0.25) is 15.9 Å². The van der Waals surface area contributed by atoms with Crippen LogP contribution in [0.5, 0.6) is 0 Å². The van der Waals surface area contributed by atoms with Gasteiger partial charge in [-0.3, -0.25) is 4.79 Å². The van der Waals surface area contributed by atoms with E-state index in [0.717, 1.165) is 18.2 Å². The average molecular weight is 470 g/mol. The zero-order chi connectivity index (χ0) is 23.5. The number of sulfonamides is 1. The first kappa shape index (κ1) is 23.4. The minimum absolute atomic E-state index is 0.120. The van der Waals surface area contributed by atoms with Crippen molar-refractivity contribution < 1.29 is 30.8 Å². The van der Waals surface area contributed by atoms with Gasteiger partial charge < -0.3 is 9.88 Å². The van der Waals surface area contributed by atoms with Gasteiger partial charge in [0.15, 0.2) is 0 Å². The predicted octanol–water partition coefficient (Wildman–Crippen LogP) is 3.01. The number of hydrogen-bond donors (Lipinski definition) is 2. The zero-order valence-corrected chi connectivity index (χ0v) is 17.4. The van der Waals surface area contributed by atoms with Crippen LogP contribution >= 0.6 is 0 Å². The van der Waals surface area contributed by atoms with Crippen molar-refractivity contribution in [3.63, 3.8) is 0 Å². The van der Waals surface area contributed by atoms with Crippen molar-refractivity contribution in [3.05, 3.63) is 78.1 Å². The van der Waals surface area contributed by atoms with Crippen molar-refractivity contribution in [2.24, 2.45) is 0 Å². The van der Waals surface area contributed by atoms with E-state index in [1.54, 1.807) is 12.3 Å². The number of amides is 1. The number of hydrogen-bond acceptors (Lipinski definition) is 4. The Hall–Kier alpha value is -3.25. The van der Waals surface area contributed by atoms with Gasteiger partial charge in [-0.05, 0) is 36.8 Å². The molecule has 3 rings (SSSR count). The second-order valence-corrected chi connectivity index (χ2v) is 8.49. The van der Waals surface area contributed by atoms with E-state index in [4.69, 9.17) is 0 Å². The fourth-order valence-corrected chi connectivity index (χ4v) is 4.33. The van der Waals surface area contributed by atoms with Crippen molar-refractivity contribution in [2.75, 3.05) is 0 Å². The minimum atomic E-state index is -4.89. The summed E-state index contributed by atoms with van der Waals surface area (Å²) >= 11 is 0. The molecule has 0 aliphatic rings. The van der Waals surface area contributed by atoms with Crippen LogP contribution in [0, 0.1) is 5.82 Å². The van der Waals surface area contributed by atoms with Gasteiger partial charge in [-0.25, -0.2) is 17.8 Å². The molecule has 0 radical (unpaired) electrons. The Labute approximate surface area is 181 Å². The van der Waals surface area contributed by atoms with Crippen LogP contribution in [0.3, 0.4) is 0 Å². The van der Waals surface area contributed by atoms with Crippen LogP contribution in [0.1, 0.15) is 18.1 Å². The summed E-state index contributed by atoms with van der Waals surface area (Å²) in [5.41, 5.74) is -0.687. The van der Waals surface area contributed by atoms with Gasteiger partial charge in [0.05, 0.1) is 28.5 Å². The zero-order valence-electron chi connectivity index (χ0n) is 16.6. The number of benzene rings is 2. The summed E-state index contributed by atoms with van der Waals surface area (Å²) in [5, 5.41) is 2.43. The molecule has 32 heavy (non-hydrogen) atoms. The molecule has 0 saturated carbocycles. The lowest BCUT2D eigenvalue weighted by Crippen LogP contribution is -2.44. The van der Waals surface area contributed by atoms with Crippen molar-refractivity contribution in [1.29, 1.82) is 0 Å². The monoisotopic (exact) mass is 470 g/mol. The standard InChI is InChI=1S/C20H18F4N4O3S/c1-13(27-32(30,31)18-5-3-2-4-15(18)20(22,23)24)19(29)26-11-14-6-7-17(16(21)10-14)28-9-8-25-12-28/h2-10,12-13,27H,11H2,1H3,(H,26,29)/t13-/m0/s1. The Bertz CT molecular complexity index is 1210. The van der Waals surface area contributed by atoms with E-state index in [1.165, 1.54) is 36.1 Å². The highest BCUT2D eigenvalue weighted by Crippen LogP contribution is 2.33. The molecule has 0 spiro atoms. The molecule has 170 valence electrons. The van der Waals surface area contributed by atoms with Crippen LogP contribution in [-0.4, -0.2) is 29.9 Å². The molecule has 1 atom stereocenters. The first-order valence-electron chi connectivity index (χ1n) is 9.22. The third-order valence-electron chi connectivity index (χ3n) is 4.47. The number of alkyl halides is 3. The molecule has 1 amide bonds. The number of imidazole rings is 1. The van der Waals surface area contributed by atoms with Gasteiger partial charge >= 0.3 is 6.18 Å². The maximum absolute atomic E-state index is 14.3. The first-order valence-corrected chi connectivity index (χ1v) is 10.7. The summed E-state index contributed by atoms with van der Waals surface area (Å²) in [7, 11) is -4.64. The largest absolute Gasteiger partial charge is 0.417 e. The number of carbonyl (C=O) groups is 1. The fraction of sp³-hybridized carbons (Fsp3) is 0.200. The summed E-state index contributed by atoms with van der Waals surface area (Å²) in [6.07, 6.45) is -0.415. The normalized spacial score (nSPS) is 13.0. The molecular formula is C20H18F4N4O3S. The highest BCUT2D eigenvalue weighted by atomic mass is 32.2. The van der Waals surface area contributed by atoms with Crippen LogP contribution in [0.4, 0.5) is 17.6 Å². The molecular weight excluding hydrogens is 452 g/mol. The maximum Gasteiger partial charge on any atom is 0.417 e. The molecule has 7 nitrogen and oxygen atoms in total. The fourth-order valence-electron chi connectivity index (χ4n) is 2.90. The molecule has 12 heteroatoms. The third-order valence-corrected chi connectivity index (χ3v) is 6.07. The number of nitrogens with one attached hydrogen (secondary N) is 2. The van der Waals surface area contributed by atoms with Crippen LogP contribution in [-0.2, 0) is 27.5 Å². The van der Waals surface area contributed by atoms with Crippen molar-refractivity contribution in [3.8, 4) is 5.69 Å². The van der Waals surface area contributed by atoms with Gasteiger partial charge in [-0.1, -0.05) is 18.2 Å². The first-order chi connectivity index (χ1) is 15.0. The summed E-state index contributed by atoms with van der Waals surface area (Å²) in [4.78, 5) is 15.1. The maximum atomic E-state index is 14.3. The lowest BCUT2D eigenvalue weighted by Gasteiger charge is -2.17. The van der Waals surface area contributed by atoms with E-state index in [-0.39, 0.29) is 12.2 Å². The Balaban J connectivity index is 1.66. The number of rotatable bonds is 7. The highest BCUT2D eigenvalue weighted by molar-refractivity contribution is 7.89. The molecule has 3 aromatic rings. The van der Waals surface area contributed by atoms with Crippen LogP contribution < -0.4 is 10.0 Å². The second-order valence-electron chi connectivity index (χ2n) is 6.81. The Morgan fingerprint density at radius 1 is 1.19 bits per heavy atom. The minimum Gasteiger partial charge on any atom is -0.351 e. The molecule has 1 aromatic heterocycles. The highest BCUT2D eigenvalue weighted by Gasteiger charge is 2.37. The number of aromatic nitrogens is 2. The molecule has 0 aliphatic carbocycles. The number of nitrogens with zero attached hydrogens (tertiary/aromatic N) is 2. The second kappa shape index (κ2) is 9.09. The molecule has 0 bridgehead atoms. The van der Waals surface area contributed by atoms with Crippen LogP contribution in [0.25, 0.3) is 5.69 Å². The van der Waals surface area contributed by atoms with Gasteiger partial charge in [-0.15, -0.1) is 0 Å².